The Morgan fingerprint density at radius 2 is 2.14 bits per heavy atom. The fraction of sp³-hybridized carbons (Fsp3) is 0.400. The van der Waals surface area contributed by atoms with Crippen molar-refractivity contribution in [2.24, 2.45) is 5.73 Å². The number of nitrogens with one attached hydrogen (secondary N) is 1. The maximum atomic E-state index is 14.1. The Morgan fingerprint density at radius 1 is 1.45 bits per heavy atom. The van der Waals surface area contributed by atoms with Gasteiger partial charge in [-0.15, -0.1) is 23.7 Å². The van der Waals surface area contributed by atoms with Crippen LogP contribution in [0, 0.1) is 5.82 Å². The SMILES string of the molecule is COCc1c(C(=O)NC(C)(C)CN)sc2cccc(F)c12.Cl. The molecule has 1 amide bonds. The molecule has 2 aromatic rings. The summed E-state index contributed by atoms with van der Waals surface area (Å²) >= 11 is 1.26. The molecule has 1 heterocycles. The standard InChI is InChI=1S/C15H19FN2O2S.ClH/c1-15(2,8-17)18-14(19)13-9(7-20-3)12-10(16)5-4-6-11(12)21-13;/h4-6H,7-8,17H2,1-3H3,(H,18,19);1H. The summed E-state index contributed by atoms with van der Waals surface area (Å²) in [4.78, 5) is 12.9. The number of halogens is 2. The number of benzene rings is 1. The van der Waals surface area contributed by atoms with Gasteiger partial charge in [-0.25, -0.2) is 4.39 Å². The predicted octanol–water partition coefficient (Wildman–Crippen LogP) is 3.08. The second kappa shape index (κ2) is 7.37. The molecule has 4 nitrogen and oxygen atoms in total. The van der Waals surface area contributed by atoms with Gasteiger partial charge in [0.05, 0.1) is 11.5 Å². The van der Waals surface area contributed by atoms with Crippen molar-refractivity contribution in [3.8, 4) is 0 Å². The Labute approximate surface area is 139 Å². The van der Waals surface area contributed by atoms with Gasteiger partial charge in [0.15, 0.2) is 0 Å². The highest BCUT2D eigenvalue weighted by Gasteiger charge is 2.25. The Kier molecular flexibility index (Phi) is 6.31. The lowest BCUT2D eigenvalue weighted by Crippen LogP contribution is -2.48. The molecule has 0 fully saturated rings. The summed E-state index contributed by atoms with van der Waals surface area (Å²) in [5.74, 6) is -0.592. The maximum Gasteiger partial charge on any atom is 0.262 e. The van der Waals surface area contributed by atoms with Gasteiger partial charge in [0.25, 0.3) is 5.91 Å². The number of rotatable bonds is 5. The van der Waals surface area contributed by atoms with Gasteiger partial charge in [-0.2, -0.15) is 0 Å². The van der Waals surface area contributed by atoms with Gasteiger partial charge < -0.3 is 15.8 Å². The number of hydrogen-bond donors (Lipinski definition) is 2. The Bertz CT molecular complexity index is 673. The molecule has 3 N–H and O–H groups in total. The minimum Gasteiger partial charge on any atom is -0.380 e. The third-order valence-corrected chi connectivity index (χ3v) is 4.42. The van der Waals surface area contributed by atoms with Crippen molar-refractivity contribution >= 4 is 39.7 Å². The van der Waals surface area contributed by atoms with Crippen LogP contribution in [0.1, 0.15) is 29.1 Å². The summed E-state index contributed by atoms with van der Waals surface area (Å²) in [6.45, 7) is 4.19. The van der Waals surface area contributed by atoms with E-state index >= 15 is 0 Å². The number of carbonyl (C=O) groups excluding carboxylic acids is 1. The Hall–Kier alpha value is -1.21. The van der Waals surface area contributed by atoms with Gasteiger partial charge >= 0.3 is 0 Å². The zero-order valence-corrected chi connectivity index (χ0v) is 14.4. The van der Waals surface area contributed by atoms with Crippen molar-refractivity contribution in [2.75, 3.05) is 13.7 Å². The maximum absolute atomic E-state index is 14.1. The number of ether oxygens (including phenoxy) is 1. The lowest BCUT2D eigenvalue weighted by molar-refractivity contribution is 0.0915. The minimum atomic E-state index is -0.518. The van der Waals surface area contributed by atoms with Gasteiger partial charge in [0.2, 0.25) is 0 Å². The summed E-state index contributed by atoms with van der Waals surface area (Å²) < 4.78 is 19.9. The number of nitrogens with two attached hydrogens (primary N) is 1. The van der Waals surface area contributed by atoms with Crippen LogP contribution in [0.3, 0.4) is 0 Å². The summed E-state index contributed by atoms with van der Waals surface area (Å²) in [5.41, 5.74) is 5.70. The van der Waals surface area contributed by atoms with E-state index in [1.165, 1.54) is 24.5 Å². The summed E-state index contributed by atoms with van der Waals surface area (Å²) in [7, 11) is 1.52. The minimum absolute atomic E-state index is 0. The smallest absolute Gasteiger partial charge is 0.262 e. The summed E-state index contributed by atoms with van der Waals surface area (Å²) in [6, 6.07) is 4.82. The van der Waals surface area contributed by atoms with Gasteiger partial charge in [-0.1, -0.05) is 6.07 Å². The summed E-state index contributed by atoms with van der Waals surface area (Å²) in [6.07, 6.45) is 0. The van der Waals surface area contributed by atoms with E-state index in [-0.39, 0.29) is 30.7 Å². The molecule has 0 bridgehead atoms. The van der Waals surface area contributed by atoms with Crippen LogP contribution in [0.4, 0.5) is 4.39 Å². The van der Waals surface area contributed by atoms with Crippen molar-refractivity contribution in [2.45, 2.75) is 26.0 Å². The van der Waals surface area contributed by atoms with Gasteiger partial charge in [0.1, 0.15) is 5.82 Å². The fourth-order valence-corrected chi connectivity index (χ4v) is 3.17. The highest BCUT2D eigenvalue weighted by Crippen LogP contribution is 2.34. The van der Waals surface area contributed by atoms with E-state index < -0.39 is 5.54 Å². The number of amides is 1. The lowest BCUT2D eigenvalue weighted by Gasteiger charge is -2.24. The molecule has 22 heavy (non-hydrogen) atoms. The third-order valence-electron chi connectivity index (χ3n) is 3.22. The Balaban J connectivity index is 0.00000242. The van der Waals surface area contributed by atoms with Gasteiger partial charge in [-0.05, 0) is 26.0 Å². The van der Waals surface area contributed by atoms with E-state index in [2.05, 4.69) is 5.32 Å². The largest absolute Gasteiger partial charge is 0.380 e. The molecule has 0 radical (unpaired) electrons. The van der Waals surface area contributed by atoms with Crippen LogP contribution in [-0.4, -0.2) is 25.1 Å². The molecule has 0 unspecified atom stereocenters. The third kappa shape index (κ3) is 3.76. The van der Waals surface area contributed by atoms with Gasteiger partial charge in [-0.3, -0.25) is 4.79 Å². The summed E-state index contributed by atoms with van der Waals surface area (Å²) in [5, 5.41) is 3.33. The fourth-order valence-electron chi connectivity index (χ4n) is 2.05. The van der Waals surface area contributed by atoms with Crippen LogP contribution in [-0.2, 0) is 11.3 Å². The van der Waals surface area contributed by atoms with E-state index in [1.54, 1.807) is 12.1 Å². The molecule has 0 saturated carbocycles. The number of hydrogen-bond acceptors (Lipinski definition) is 4. The molecule has 0 atom stereocenters. The van der Waals surface area contributed by atoms with Crippen LogP contribution in [0.5, 0.6) is 0 Å². The van der Waals surface area contributed by atoms with Crippen LogP contribution in [0.15, 0.2) is 18.2 Å². The van der Waals surface area contributed by atoms with Crippen LogP contribution in [0.25, 0.3) is 10.1 Å². The number of carbonyl (C=O) groups is 1. The van der Waals surface area contributed by atoms with E-state index in [0.717, 1.165) is 4.70 Å². The van der Waals surface area contributed by atoms with Crippen molar-refractivity contribution in [3.05, 3.63) is 34.5 Å². The highest BCUT2D eigenvalue weighted by molar-refractivity contribution is 7.21. The average Bonchev–Trinajstić information content (AvgIpc) is 2.79. The molecular formula is C15H20ClFN2O2S. The number of thiophene rings is 1. The number of methoxy groups -OCH3 is 1. The highest BCUT2D eigenvalue weighted by atomic mass is 35.5. The normalized spacial score (nSPS) is 11.3. The first-order valence-corrected chi connectivity index (χ1v) is 7.42. The van der Waals surface area contributed by atoms with Gasteiger partial charge in [0, 0.05) is 34.8 Å². The molecule has 0 spiro atoms. The molecule has 0 aliphatic carbocycles. The second-order valence-corrected chi connectivity index (χ2v) is 6.55. The van der Waals surface area contributed by atoms with Crippen LogP contribution < -0.4 is 11.1 Å². The molecule has 1 aromatic heterocycles. The molecule has 0 aliphatic rings. The predicted molar refractivity (Wildman–Crippen MR) is 90.3 cm³/mol. The lowest BCUT2D eigenvalue weighted by atomic mass is 10.1. The van der Waals surface area contributed by atoms with Crippen LogP contribution in [0.2, 0.25) is 0 Å². The zero-order valence-electron chi connectivity index (χ0n) is 12.7. The van der Waals surface area contributed by atoms with Crippen molar-refractivity contribution in [1.82, 2.24) is 5.32 Å². The molecule has 122 valence electrons. The molecule has 1 aromatic carbocycles. The van der Waals surface area contributed by atoms with E-state index in [1.807, 2.05) is 13.8 Å². The van der Waals surface area contributed by atoms with E-state index in [0.29, 0.717) is 22.4 Å². The molecule has 7 heteroatoms. The van der Waals surface area contributed by atoms with Crippen molar-refractivity contribution in [3.63, 3.8) is 0 Å². The molecule has 0 aliphatic heterocycles. The first-order chi connectivity index (χ1) is 9.89. The monoisotopic (exact) mass is 346 g/mol. The zero-order chi connectivity index (χ0) is 15.6. The quantitative estimate of drug-likeness (QED) is 0.874. The van der Waals surface area contributed by atoms with Crippen LogP contribution >= 0.6 is 23.7 Å². The van der Waals surface area contributed by atoms with E-state index in [9.17, 15) is 9.18 Å². The molecule has 2 rings (SSSR count). The first-order valence-electron chi connectivity index (χ1n) is 6.61. The first kappa shape index (κ1) is 18.8. The van der Waals surface area contributed by atoms with E-state index in [4.69, 9.17) is 10.5 Å². The van der Waals surface area contributed by atoms with Crippen molar-refractivity contribution < 1.29 is 13.9 Å². The molecular weight excluding hydrogens is 327 g/mol. The van der Waals surface area contributed by atoms with Crippen molar-refractivity contribution in [1.29, 1.82) is 0 Å². The second-order valence-electron chi connectivity index (χ2n) is 5.50. The average molecular weight is 347 g/mol. The molecule has 0 saturated heterocycles. The Morgan fingerprint density at radius 3 is 2.73 bits per heavy atom. The number of fused-ring (bicyclic) bond motifs is 1. The topological polar surface area (TPSA) is 64.3 Å².